The van der Waals surface area contributed by atoms with E-state index in [1.165, 1.54) is 12.6 Å². The van der Waals surface area contributed by atoms with Crippen molar-refractivity contribution in [3.8, 4) is 0 Å². The fraction of sp³-hybridized carbons (Fsp3) is 0.400. The van der Waals surface area contributed by atoms with Crippen molar-refractivity contribution in [2.75, 3.05) is 7.05 Å². The average Bonchev–Trinajstić information content (AvgIpc) is 2.95. The third-order valence-electron chi connectivity index (χ3n) is 4.05. The number of carbonyl (C=O) groups is 3. The zero-order valence-electron chi connectivity index (χ0n) is 11.8. The normalized spacial score (nSPS) is 21.4. The van der Waals surface area contributed by atoms with E-state index in [-0.39, 0.29) is 24.1 Å². The average molecular weight is 287 g/mol. The number of rotatable bonds is 2. The molecule has 0 radical (unpaired) electrons. The van der Waals surface area contributed by atoms with E-state index in [4.69, 9.17) is 0 Å². The van der Waals surface area contributed by atoms with Crippen molar-refractivity contribution >= 4 is 17.7 Å². The summed E-state index contributed by atoms with van der Waals surface area (Å²) < 4.78 is 0. The molecular weight excluding hydrogens is 270 g/mol. The Bertz CT molecular complexity index is 627. The number of fused-ring (bicyclic) bond motifs is 1. The van der Waals surface area contributed by atoms with E-state index in [2.05, 4.69) is 10.6 Å². The predicted octanol–water partition coefficient (Wildman–Crippen LogP) is 0.167. The molecular formula is C15H17N3O3. The maximum Gasteiger partial charge on any atom is 0.251 e. The summed E-state index contributed by atoms with van der Waals surface area (Å²) in [6, 6.07) is 4.94. The SMILES string of the molecule is CN1C(=O)CCC(NC(=O)c2ccc3c(c2)CNC3)C1=O. The van der Waals surface area contributed by atoms with Crippen LogP contribution in [-0.4, -0.2) is 35.7 Å². The zero-order valence-corrected chi connectivity index (χ0v) is 11.8. The highest BCUT2D eigenvalue weighted by molar-refractivity contribution is 6.03. The Hall–Kier alpha value is -2.21. The van der Waals surface area contributed by atoms with E-state index in [1.807, 2.05) is 12.1 Å². The van der Waals surface area contributed by atoms with Crippen LogP contribution in [0.15, 0.2) is 18.2 Å². The third-order valence-corrected chi connectivity index (χ3v) is 4.05. The number of piperidine rings is 1. The molecule has 2 aliphatic rings. The Kier molecular flexibility index (Phi) is 3.47. The minimum absolute atomic E-state index is 0.200. The first-order valence-corrected chi connectivity index (χ1v) is 7.00. The molecule has 3 amide bonds. The number of likely N-dealkylation sites (tertiary alicyclic amines) is 1. The number of imide groups is 1. The van der Waals surface area contributed by atoms with Crippen LogP contribution in [0.1, 0.15) is 34.3 Å². The van der Waals surface area contributed by atoms with E-state index < -0.39 is 6.04 Å². The molecule has 1 aromatic carbocycles. The van der Waals surface area contributed by atoms with Gasteiger partial charge in [0.15, 0.2) is 0 Å². The highest BCUT2D eigenvalue weighted by Gasteiger charge is 2.32. The first-order chi connectivity index (χ1) is 10.1. The van der Waals surface area contributed by atoms with Crippen molar-refractivity contribution in [2.45, 2.75) is 32.0 Å². The molecule has 0 spiro atoms. The minimum Gasteiger partial charge on any atom is -0.340 e. The van der Waals surface area contributed by atoms with Crippen molar-refractivity contribution in [3.63, 3.8) is 0 Å². The summed E-state index contributed by atoms with van der Waals surface area (Å²) in [7, 11) is 1.45. The summed E-state index contributed by atoms with van der Waals surface area (Å²) in [4.78, 5) is 36.7. The van der Waals surface area contributed by atoms with Gasteiger partial charge in [0.2, 0.25) is 5.91 Å². The molecule has 1 unspecified atom stereocenters. The number of hydrogen-bond acceptors (Lipinski definition) is 4. The van der Waals surface area contributed by atoms with Crippen LogP contribution in [0.3, 0.4) is 0 Å². The van der Waals surface area contributed by atoms with Gasteiger partial charge in [0, 0.05) is 32.1 Å². The van der Waals surface area contributed by atoms with Gasteiger partial charge in [-0.2, -0.15) is 0 Å². The highest BCUT2D eigenvalue weighted by Crippen LogP contribution is 2.18. The highest BCUT2D eigenvalue weighted by atomic mass is 16.2. The molecule has 2 heterocycles. The molecule has 1 saturated heterocycles. The van der Waals surface area contributed by atoms with Gasteiger partial charge in [0.1, 0.15) is 6.04 Å². The molecule has 0 saturated carbocycles. The van der Waals surface area contributed by atoms with Gasteiger partial charge < -0.3 is 10.6 Å². The number of carbonyl (C=O) groups excluding carboxylic acids is 3. The molecule has 2 N–H and O–H groups in total. The topological polar surface area (TPSA) is 78.5 Å². The molecule has 2 aliphatic heterocycles. The van der Waals surface area contributed by atoms with E-state index in [0.717, 1.165) is 23.6 Å². The van der Waals surface area contributed by atoms with Crippen LogP contribution in [0.5, 0.6) is 0 Å². The molecule has 0 aliphatic carbocycles. The van der Waals surface area contributed by atoms with Crippen molar-refractivity contribution in [1.82, 2.24) is 15.5 Å². The van der Waals surface area contributed by atoms with Crippen LogP contribution < -0.4 is 10.6 Å². The predicted molar refractivity (Wildman–Crippen MR) is 75.3 cm³/mol. The van der Waals surface area contributed by atoms with Crippen molar-refractivity contribution in [3.05, 3.63) is 34.9 Å². The number of nitrogens with one attached hydrogen (secondary N) is 2. The summed E-state index contributed by atoms with van der Waals surface area (Å²) in [6.45, 7) is 1.58. The van der Waals surface area contributed by atoms with Crippen molar-refractivity contribution in [1.29, 1.82) is 0 Å². The van der Waals surface area contributed by atoms with Crippen LogP contribution in [0.4, 0.5) is 0 Å². The summed E-state index contributed by atoms with van der Waals surface area (Å²) >= 11 is 0. The lowest BCUT2D eigenvalue weighted by Gasteiger charge is -2.28. The number of amides is 3. The Morgan fingerprint density at radius 3 is 2.86 bits per heavy atom. The maximum absolute atomic E-state index is 12.3. The van der Waals surface area contributed by atoms with Gasteiger partial charge in [0.25, 0.3) is 11.8 Å². The second kappa shape index (κ2) is 5.29. The molecule has 1 aromatic rings. The molecule has 0 bridgehead atoms. The molecule has 6 nitrogen and oxygen atoms in total. The lowest BCUT2D eigenvalue weighted by atomic mass is 10.0. The molecule has 1 atom stereocenters. The van der Waals surface area contributed by atoms with Gasteiger partial charge in [0.05, 0.1) is 0 Å². The Labute approximate surface area is 122 Å². The standard InChI is InChI=1S/C15H17N3O3/c1-18-13(19)5-4-12(15(18)21)17-14(20)9-2-3-10-7-16-8-11(10)6-9/h2-3,6,12,16H,4-5,7-8H2,1H3,(H,17,20). The first-order valence-electron chi connectivity index (χ1n) is 7.00. The smallest absolute Gasteiger partial charge is 0.251 e. The number of likely N-dealkylation sites (N-methyl/N-ethyl adjacent to an activating group) is 1. The molecule has 110 valence electrons. The Balaban J connectivity index is 1.72. The van der Waals surface area contributed by atoms with E-state index in [0.29, 0.717) is 12.0 Å². The monoisotopic (exact) mass is 287 g/mol. The van der Waals surface area contributed by atoms with Crippen LogP contribution in [-0.2, 0) is 22.7 Å². The fourth-order valence-corrected chi connectivity index (χ4v) is 2.73. The van der Waals surface area contributed by atoms with Gasteiger partial charge in [-0.3, -0.25) is 19.3 Å². The van der Waals surface area contributed by atoms with E-state index in [1.54, 1.807) is 6.07 Å². The second-order valence-electron chi connectivity index (χ2n) is 5.44. The van der Waals surface area contributed by atoms with Crippen LogP contribution in [0.25, 0.3) is 0 Å². The third kappa shape index (κ3) is 2.54. The molecule has 3 rings (SSSR count). The lowest BCUT2D eigenvalue weighted by Crippen LogP contribution is -2.52. The van der Waals surface area contributed by atoms with Crippen molar-refractivity contribution < 1.29 is 14.4 Å². The molecule has 6 heteroatoms. The number of hydrogen-bond donors (Lipinski definition) is 2. The molecule has 21 heavy (non-hydrogen) atoms. The van der Waals surface area contributed by atoms with Gasteiger partial charge in [-0.15, -0.1) is 0 Å². The van der Waals surface area contributed by atoms with E-state index in [9.17, 15) is 14.4 Å². The lowest BCUT2D eigenvalue weighted by molar-refractivity contribution is -0.147. The van der Waals surface area contributed by atoms with E-state index >= 15 is 0 Å². The summed E-state index contributed by atoms with van der Waals surface area (Å²) in [5.74, 6) is -0.817. The minimum atomic E-state index is -0.619. The number of benzene rings is 1. The Morgan fingerprint density at radius 1 is 1.29 bits per heavy atom. The Morgan fingerprint density at radius 2 is 2.05 bits per heavy atom. The molecule has 1 fully saturated rings. The zero-order chi connectivity index (χ0) is 15.0. The molecule has 0 aromatic heterocycles. The summed E-state index contributed by atoms with van der Waals surface area (Å²) in [6.07, 6.45) is 0.640. The van der Waals surface area contributed by atoms with Gasteiger partial charge in [-0.25, -0.2) is 0 Å². The van der Waals surface area contributed by atoms with Crippen LogP contribution in [0.2, 0.25) is 0 Å². The van der Waals surface area contributed by atoms with Crippen LogP contribution in [0, 0.1) is 0 Å². The van der Waals surface area contributed by atoms with Gasteiger partial charge >= 0.3 is 0 Å². The maximum atomic E-state index is 12.3. The largest absolute Gasteiger partial charge is 0.340 e. The fourth-order valence-electron chi connectivity index (χ4n) is 2.73. The van der Waals surface area contributed by atoms with Gasteiger partial charge in [-0.05, 0) is 29.7 Å². The summed E-state index contributed by atoms with van der Waals surface area (Å²) in [5, 5.41) is 5.95. The quantitative estimate of drug-likeness (QED) is 0.760. The van der Waals surface area contributed by atoms with Crippen molar-refractivity contribution in [2.24, 2.45) is 0 Å². The van der Waals surface area contributed by atoms with Gasteiger partial charge in [-0.1, -0.05) is 6.07 Å². The second-order valence-corrected chi connectivity index (χ2v) is 5.44. The number of nitrogens with zero attached hydrogens (tertiary/aromatic N) is 1. The van der Waals surface area contributed by atoms with Crippen LogP contribution >= 0.6 is 0 Å². The summed E-state index contributed by atoms with van der Waals surface area (Å²) in [5.41, 5.74) is 2.86. The first kappa shape index (κ1) is 13.8.